The van der Waals surface area contributed by atoms with Crippen molar-refractivity contribution in [2.24, 2.45) is 5.92 Å². The van der Waals surface area contributed by atoms with Crippen molar-refractivity contribution in [3.63, 3.8) is 0 Å². The zero-order valence-electron chi connectivity index (χ0n) is 18.7. The van der Waals surface area contributed by atoms with Gasteiger partial charge in [-0.25, -0.2) is 9.78 Å². The fraction of sp³-hybridized carbons (Fsp3) is 0.522. The zero-order valence-corrected chi connectivity index (χ0v) is 19.5. The molecule has 0 aliphatic carbocycles. The molecule has 2 amide bonds. The van der Waals surface area contributed by atoms with Crippen LogP contribution in [0.25, 0.3) is 10.6 Å². The fourth-order valence-electron chi connectivity index (χ4n) is 3.25. The third-order valence-electron chi connectivity index (χ3n) is 4.78. The number of benzene rings is 1. The lowest BCUT2D eigenvalue weighted by atomic mass is 10.2. The molecule has 1 aliphatic rings. The summed E-state index contributed by atoms with van der Waals surface area (Å²) in [5.74, 6) is 1.01. The Bertz CT molecular complexity index is 879. The van der Waals surface area contributed by atoms with Gasteiger partial charge in [0.05, 0.1) is 12.7 Å². The van der Waals surface area contributed by atoms with Gasteiger partial charge in [-0.15, -0.1) is 11.3 Å². The van der Waals surface area contributed by atoms with Crippen LogP contribution in [0.1, 0.15) is 44.6 Å². The first kappa shape index (κ1) is 23.1. The Labute approximate surface area is 188 Å². The standard InChI is InChI=1S/C23H31N3O4S/c1-16(2)14-29-23(28)26-11-5-10-25(12-13-26)22(27)20-15-31-21(24-20)18-6-8-19(9-7-18)30-17(3)4/h6-9,15-17H,5,10-14H2,1-4H3. The summed E-state index contributed by atoms with van der Waals surface area (Å²) in [6.45, 7) is 10.5. The Morgan fingerprint density at radius 2 is 1.71 bits per heavy atom. The van der Waals surface area contributed by atoms with E-state index in [1.54, 1.807) is 15.2 Å². The molecule has 1 aromatic carbocycles. The Hall–Kier alpha value is -2.61. The average molecular weight is 446 g/mol. The quantitative estimate of drug-likeness (QED) is 0.653. The van der Waals surface area contributed by atoms with Crippen LogP contribution in [0.2, 0.25) is 0 Å². The maximum absolute atomic E-state index is 13.0. The van der Waals surface area contributed by atoms with Crippen molar-refractivity contribution >= 4 is 23.3 Å². The van der Waals surface area contributed by atoms with Crippen LogP contribution in [0, 0.1) is 5.92 Å². The molecule has 7 nitrogen and oxygen atoms in total. The van der Waals surface area contributed by atoms with Gasteiger partial charge in [0, 0.05) is 37.1 Å². The smallest absolute Gasteiger partial charge is 0.409 e. The Balaban J connectivity index is 1.59. The van der Waals surface area contributed by atoms with Crippen molar-refractivity contribution in [2.75, 3.05) is 32.8 Å². The summed E-state index contributed by atoms with van der Waals surface area (Å²) in [5, 5.41) is 2.60. The largest absolute Gasteiger partial charge is 0.491 e. The third-order valence-corrected chi connectivity index (χ3v) is 5.67. The predicted molar refractivity (Wildman–Crippen MR) is 122 cm³/mol. The fourth-order valence-corrected chi connectivity index (χ4v) is 4.05. The summed E-state index contributed by atoms with van der Waals surface area (Å²) in [5.41, 5.74) is 1.40. The van der Waals surface area contributed by atoms with Crippen molar-refractivity contribution in [3.8, 4) is 16.3 Å². The number of carbonyl (C=O) groups excluding carboxylic acids is 2. The molecule has 2 heterocycles. The van der Waals surface area contributed by atoms with Crippen molar-refractivity contribution in [2.45, 2.75) is 40.2 Å². The minimum absolute atomic E-state index is 0.0975. The SMILES string of the molecule is CC(C)COC(=O)N1CCCN(C(=O)c2csc(-c3ccc(OC(C)C)cc3)n2)CC1. The van der Waals surface area contributed by atoms with Gasteiger partial charge in [0.1, 0.15) is 16.5 Å². The lowest BCUT2D eigenvalue weighted by Crippen LogP contribution is -2.38. The van der Waals surface area contributed by atoms with E-state index in [1.807, 2.05) is 52.0 Å². The second kappa shape index (κ2) is 10.6. The number of amides is 2. The molecule has 8 heteroatoms. The minimum atomic E-state index is -0.302. The van der Waals surface area contributed by atoms with E-state index >= 15 is 0 Å². The van der Waals surface area contributed by atoms with E-state index < -0.39 is 0 Å². The molecule has 2 aromatic rings. The number of thiazole rings is 1. The molecule has 1 aliphatic heterocycles. The van der Waals surface area contributed by atoms with E-state index in [0.29, 0.717) is 44.4 Å². The zero-order chi connectivity index (χ0) is 22.4. The Kier molecular flexibility index (Phi) is 7.90. The number of carbonyl (C=O) groups is 2. The van der Waals surface area contributed by atoms with E-state index in [4.69, 9.17) is 9.47 Å². The minimum Gasteiger partial charge on any atom is -0.491 e. The maximum Gasteiger partial charge on any atom is 0.409 e. The number of ether oxygens (including phenoxy) is 2. The second-order valence-corrected chi connectivity index (χ2v) is 9.19. The first-order valence-electron chi connectivity index (χ1n) is 10.8. The van der Waals surface area contributed by atoms with E-state index in [2.05, 4.69) is 4.98 Å². The summed E-state index contributed by atoms with van der Waals surface area (Å²) in [4.78, 5) is 33.2. The van der Waals surface area contributed by atoms with Gasteiger partial charge < -0.3 is 19.3 Å². The summed E-state index contributed by atoms with van der Waals surface area (Å²) >= 11 is 1.45. The second-order valence-electron chi connectivity index (χ2n) is 8.33. The van der Waals surface area contributed by atoms with Gasteiger partial charge in [0.2, 0.25) is 0 Å². The van der Waals surface area contributed by atoms with Gasteiger partial charge in [0.15, 0.2) is 0 Å². The molecule has 31 heavy (non-hydrogen) atoms. The summed E-state index contributed by atoms with van der Waals surface area (Å²) in [6, 6.07) is 7.74. The number of rotatable bonds is 6. The van der Waals surface area contributed by atoms with Crippen molar-refractivity contribution in [1.82, 2.24) is 14.8 Å². The topological polar surface area (TPSA) is 72.0 Å². The van der Waals surface area contributed by atoms with Gasteiger partial charge in [-0.2, -0.15) is 0 Å². The van der Waals surface area contributed by atoms with E-state index in [9.17, 15) is 9.59 Å². The van der Waals surface area contributed by atoms with Crippen LogP contribution in [0.4, 0.5) is 4.79 Å². The number of hydrogen-bond acceptors (Lipinski definition) is 6. The van der Waals surface area contributed by atoms with Gasteiger partial charge in [-0.05, 0) is 50.5 Å². The van der Waals surface area contributed by atoms with Crippen molar-refractivity contribution < 1.29 is 19.1 Å². The molecule has 3 rings (SSSR count). The molecule has 0 spiro atoms. The van der Waals surface area contributed by atoms with Crippen molar-refractivity contribution in [1.29, 1.82) is 0 Å². The molecule has 0 atom stereocenters. The number of hydrogen-bond donors (Lipinski definition) is 0. The first-order chi connectivity index (χ1) is 14.8. The van der Waals surface area contributed by atoms with E-state index in [-0.39, 0.29) is 18.1 Å². The van der Waals surface area contributed by atoms with Gasteiger partial charge in [-0.3, -0.25) is 4.79 Å². The Morgan fingerprint density at radius 3 is 2.39 bits per heavy atom. The maximum atomic E-state index is 13.0. The molecule has 1 aromatic heterocycles. The van der Waals surface area contributed by atoms with Crippen LogP contribution >= 0.6 is 11.3 Å². The highest BCUT2D eigenvalue weighted by Gasteiger charge is 2.25. The van der Waals surface area contributed by atoms with Crippen LogP contribution in [0.3, 0.4) is 0 Å². The van der Waals surface area contributed by atoms with Crippen LogP contribution in [-0.2, 0) is 4.74 Å². The third kappa shape index (κ3) is 6.43. The van der Waals surface area contributed by atoms with Gasteiger partial charge >= 0.3 is 6.09 Å². The predicted octanol–water partition coefficient (Wildman–Crippen LogP) is 4.54. The van der Waals surface area contributed by atoms with Crippen LogP contribution in [0.15, 0.2) is 29.6 Å². The van der Waals surface area contributed by atoms with Gasteiger partial charge in [0.25, 0.3) is 5.91 Å². The van der Waals surface area contributed by atoms with E-state index in [1.165, 1.54) is 11.3 Å². The summed E-state index contributed by atoms with van der Waals surface area (Å²) < 4.78 is 11.0. The molecule has 0 N–H and O–H groups in total. The number of aromatic nitrogens is 1. The molecule has 1 saturated heterocycles. The van der Waals surface area contributed by atoms with Gasteiger partial charge in [-0.1, -0.05) is 13.8 Å². The molecule has 0 unspecified atom stereocenters. The summed E-state index contributed by atoms with van der Waals surface area (Å²) in [7, 11) is 0. The van der Waals surface area contributed by atoms with Crippen molar-refractivity contribution in [3.05, 3.63) is 35.3 Å². The highest BCUT2D eigenvalue weighted by molar-refractivity contribution is 7.13. The lowest BCUT2D eigenvalue weighted by Gasteiger charge is -2.21. The van der Waals surface area contributed by atoms with Crippen LogP contribution < -0.4 is 4.74 Å². The van der Waals surface area contributed by atoms with Crippen LogP contribution in [0.5, 0.6) is 5.75 Å². The highest BCUT2D eigenvalue weighted by Crippen LogP contribution is 2.26. The Morgan fingerprint density at radius 1 is 1.03 bits per heavy atom. The van der Waals surface area contributed by atoms with E-state index in [0.717, 1.165) is 22.7 Å². The monoisotopic (exact) mass is 445 g/mol. The highest BCUT2D eigenvalue weighted by atomic mass is 32.1. The molecule has 0 bridgehead atoms. The first-order valence-corrected chi connectivity index (χ1v) is 11.6. The lowest BCUT2D eigenvalue weighted by molar-refractivity contribution is 0.0742. The summed E-state index contributed by atoms with van der Waals surface area (Å²) in [6.07, 6.45) is 0.539. The average Bonchev–Trinajstić information content (AvgIpc) is 3.09. The molecular formula is C23H31N3O4S. The normalized spacial score (nSPS) is 14.6. The number of nitrogens with zero attached hydrogens (tertiary/aromatic N) is 3. The molecule has 168 valence electrons. The van der Waals surface area contributed by atoms with Crippen LogP contribution in [-0.4, -0.2) is 65.7 Å². The molecule has 0 radical (unpaired) electrons. The molecule has 1 fully saturated rings. The molecular weight excluding hydrogens is 414 g/mol. The molecule has 0 saturated carbocycles.